The molecule has 2 nitrogen and oxygen atoms in total. The van der Waals surface area contributed by atoms with Crippen LogP contribution >= 0.6 is 0 Å². The predicted octanol–water partition coefficient (Wildman–Crippen LogP) is 2.34. The van der Waals surface area contributed by atoms with Gasteiger partial charge in [0.1, 0.15) is 0 Å². The van der Waals surface area contributed by atoms with Gasteiger partial charge in [0.15, 0.2) is 0 Å². The van der Waals surface area contributed by atoms with Crippen molar-refractivity contribution in [3.8, 4) is 0 Å². The van der Waals surface area contributed by atoms with E-state index >= 15 is 0 Å². The van der Waals surface area contributed by atoms with E-state index in [9.17, 15) is 0 Å². The number of ether oxygens (including phenoxy) is 1. The van der Waals surface area contributed by atoms with Crippen molar-refractivity contribution in [2.75, 3.05) is 26.3 Å². The number of benzene rings is 1. The van der Waals surface area contributed by atoms with Crippen LogP contribution in [0.1, 0.15) is 25.3 Å². The van der Waals surface area contributed by atoms with Crippen LogP contribution in [0.3, 0.4) is 0 Å². The van der Waals surface area contributed by atoms with E-state index in [0.29, 0.717) is 5.41 Å². The Labute approximate surface area is 98.0 Å². The van der Waals surface area contributed by atoms with Gasteiger partial charge in [0, 0.05) is 31.7 Å². The Bertz CT molecular complexity index is 306. The summed E-state index contributed by atoms with van der Waals surface area (Å²) in [4.78, 5) is 0. The van der Waals surface area contributed by atoms with Gasteiger partial charge in [0.2, 0.25) is 0 Å². The molecule has 2 heteroatoms. The lowest BCUT2D eigenvalue weighted by atomic mass is 9.72. The molecule has 0 atom stereocenters. The molecule has 1 aliphatic heterocycles. The molecule has 1 fully saturated rings. The molecule has 88 valence electrons. The Morgan fingerprint density at radius 1 is 1.25 bits per heavy atom. The van der Waals surface area contributed by atoms with Gasteiger partial charge < -0.3 is 10.1 Å². The molecule has 16 heavy (non-hydrogen) atoms. The summed E-state index contributed by atoms with van der Waals surface area (Å²) >= 11 is 0. The zero-order valence-corrected chi connectivity index (χ0v) is 10.0. The average molecular weight is 219 g/mol. The van der Waals surface area contributed by atoms with Crippen LogP contribution in [0.25, 0.3) is 0 Å². The molecule has 1 aliphatic rings. The molecule has 0 bridgehead atoms. The highest BCUT2D eigenvalue weighted by atomic mass is 16.5. The molecule has 1 aromatic carbocycles. The highest BCUT2D eigenvalue weighted by Crippen LogP contribution is 2.33. The third-order valence-electron chi connectivity index (χ3n) is 3.46. The molecule has 1 N–H and O–H groups in total. The fourth-order valence-electron chi connectivity index (χ4n) is 2.40. The molecule has 2 rings (SSSR count). The van der Waals surface area contributed by atoms with Crippen molar-refractivity contribution >= 4 is 0 Å². The average Bonchev–Trinajstić information content (AvgIpc) is 2.28. The van der Waals surface area contributed by atoms with E-state index in [2.05, 4.69) is 42.6 Å². The molecule has 0 radical (unpaired) electrons. The van der Waals surface area contributed by atoms with Gasteiger partial charge in [-0.15, -0.1) is 0 Å². The van der Waals surface area contributed by atoms with Crippen molar-refractivity contribution < 1.29 is 4.74 Å². The predicted molar refractivity (Wildman–Crippen MR) is 66.7 cm³/mol. The smallest absolute Gasteiger partial charge is 0.0466 e. The summed E-state index contributed by atoms with van der Waals surface area (Å²) in [5, 5.41) is 3.40. The molecule has 1 aromatic rings. The quantitative estimate of drug-likeness (QED) is 0.742. The van der Waals surface area contributed by atoms with Crippen molar-refractivity contribution in [2.45, 2.75) is 25.2 Å². The first-order valence-corrected chi connectivity index (χ1v) is 6.21. The lowest BCUT2D eigenvalue weighted by molar-refractivity contribution is 0.129. The third-order valence-corrected chi connectivity index (χ3v) is 3.46. The number of rotatable bonds is 6. The van der Waals surface area contributed by atoms with Gasteiger partial charge in [-0.25, -0.2) is 0 Å². The zero-order valence-electron chi connectivity index (χ0n) is 10.0. The van der Waals surface area contributed by atoms with Crippen LogP contribution in [0.15, 0.2) is 30.3 Å². The maximum atomic E-state index is 5.41. The first-order chi connectivity index (χ1) is 7.87. The molecule has 0 aliphatic carbocycles. The summed E-state index contributed by atoms with van der Waals surface area (Å²) in [6.07, 6.45) is 2.38. The summed E-state index contributed by atoms with van der Waals surface area (Å²) in [7, 11) is 0. The van der Waals surface area contributed by atoms with Gasteiger partial charge in [0.05, 0.1) is 0 Å². The molecule has 0 saturated carbocycles. The standard InChI is InChI=1S/C14H21NO/c1-2-16-10-6-9-14(11-15-12-14)13-7-4-3-5-8-13/h3-5,7-8,15H,2,6,9-12H2,1H3. The van der Waals surface area contributed by atoms with Crippen molar-refractivity contribution in [3.05, 3.63) is 35.9 Å². The normalized spacial score (nSPS) is 18.1. The Balaban J connectivity index is 1.92. The van der Waals surface area contributed by atoms with E-state index in [1.165, 1.54) is 12.0 Å². The SMILES string of the molecule is CCOCCCC1(c2ccccc2)CNC1. The van der Waals surface area contributed by atoms with Crippen molar-refractivity contribution in [3.63, 3.8) is 0 Å². The molecule has 1 heterocycles. The maximum absolute atomic E-state index is 5.41. The van der Waals surface area contributed by atoms with Gasteiger partial charge in [-0.2, -0.15) is 0 Å². The fraction of sp³-hybridized carbons (Fsp3) is 0.571. The van der Waals surface area contributed by atoms with E-state index in [1.54, 1.807) is 0 Å². The number of nitrogens with one attached hydrogen (secondary N) is 1. The second-order valence-corrected chi connectivity index (χ2v) is 4.55. The van der Waals surface area contributed by atoms with Gasteiger partial charge in [-0.1, -0.05) is 30.3 Å². The van der Waals surface area contributed by atoms with Crippen LogP contribution in [-0.4, -0.2) is 26.3 Å². The van der Waals surface area contributed by atoms with Crippen LogP contribution in [-0.2, 0) is 10.2 Å². The summed E-state index contributed by atoms with van der Waals surface area (Å²) in [6, 6.07) is 10.9. The maximum Gasteiger partial charge on any atom is 0.0466 e. The van der Waals surface area contributed by atoms with Gasteiger partial charge in [0.25, 0.3) is 0 Å². The van der Waals surface area contributed by atoms with Crippen molar-refractivity contribution in [2.24, 2.45) is 0 Å². The lowest BCUT2D eigenvalue weighted by Crippen LogP contribution is -2.56. The number of hydrogen-bond acceptors (Lipinski definition) is 2. The van der Waals surface area contributed by atoms with E-state index in [0.717, 1.165) is 32.7 Å². The minimum absolute atomic E-state index is 0.373. The summed E-state index contributed by atoms with van der Waals surface area (Å²) in [5.74, 6) is 0. The number of hydrogen-bond donors (Lipinski definition) is 1. The third kappa shape index (κ3) is 2.45. The molecule has 1 saturated heterocycles. The Kier molecular flexibility index (Phi) is 3.97. The molecular formula is C14H21NO. The van der Waals surface area contributed by atoms with E-state index in [1.807, 2.05) is 0 Å². The topological polar surface area (TPSA) is 21.3 Å². The summed E-state index contributed by atoms with van der Waals surface area (Å²) in [6.45, 7) is 6.01. The van der Waals surface area contributed by atoms with Gasteiger partial charge in [-0.05, 0) is 25.3 Å². The second kappa shape index (κ2) is 5.46. The lowest BCUT2D eigenvalue weighted by Gasteiger charge is -2.43. The molecular weight excluding hydrogens is 198 g/mol. The van der Waals surface area contributed by atoms with Crippen LogP contribution in [0, 0.1) is 0 Å². The monoisotopic (exact) mass is 219 g/mol. The van der Waals surface area contributed by atoms with Crippen LogP contribution in [0.4, 0.5) is 0 Å². The second-order valence-electron chi connectivity index (χ2n) is 4.55. The molecule has 0 unspecified atom stereocenters. The van der Waals surface area contributed by atoms with Gasteiger partial charge in [-0.3, -0.25) is 0 Å². The van der Waals surface area contributed by atoms with Crippen molar-refractivity contribution in [1.82, 2.24) is 5.32 Å². The van der Waals surface area contributed by atoms with E-state index in [4.69, 9.17) is 4.74 Å². The Morgan fingerprint density at radius 2 is 2.00 bits per heavy atom. The van der Waals surface area contributed by atoms with Crippen molar-refractivity contribution in [1.29, 1.82) is 0 Å². The first kappa shape index (κ1) is 11.6. The minimum Gasteiger partial charge on any atom is -0.382 e. The largest absolute Gasteiger partial charge is 0.382 e. The van der Waals surface area contributed by atoms with Crippen LogP contribution in [0.2, 0.25) is 0 Å². The van der Waals surface area contributed by atoms with Gasteiger partial charge >= 0.3 is 0 Å². The molecule has 0 spiro atoms. The highest BCUT2D eigenvalue weighted by molar-refractivity contribution is 5.29. The summed E-state index contributed by atoms with van der Waals surface area (Å²) in [5.41, 5.74) is 1.85. The van der Waals surface area contributed by atoms with Crippen LogP contribution in [0.5, 0.6) is 0 Å². The minimum atomic E-state index is 0.373. The summed E-state index contributed by atoms with van der Waals surface area (Å²) < 4.78 is 5.41. The molecule has 0 amide bonds. The fourth-order valence-corrected chi connectivity index (χ4v) is 2.40. The highest BCUT2D eigenvalue weighted by Gasteiger charge is 2.37. The van der Waals surface area contributed by atoms with Crippen LogP contribution < -0.4 is 5.32 Å². The zero-order chi connectivity index (χ0) is 11.3. The molecule has 0 aromatic heterocycles. The van der Waals surface area contributed by atoms with E-state index < -0.39 is 0 Å². The van der Waals surface area contributed by atoms with E-state index in [-0.39, 0.29) is 0 Å². The Hall–Kier alpha value is -0.860. The Morgan fingerprint density at radius 3 is 2.56 bits per heavy atom. The first-order valence-electron chi connectivity index (χ1n) is 6.21.